The molecule has 2 atom stereocenters. The van der Waals surface area contributed by atoms with Crippen molar-refractivity contribution < 1.29 is 13.7 Å². The quantitative estimate of drug-likeness (QED) is 0.734. The Bertz CT molecular complexity index is 276. The summed E-state index contributed by atoms with van der Waals surface area (Å²) in [5.74, 6) is 1.29. The van der Waals surface area contributed by atoms with Crippen molar-refractivity contribution in [2.75, 3.05) is 24.6 Å². The molecule has 0 aromatic carbocycles. The second-order valence-electron chi connectivity index (χ2n) is 4.84. The number of nitrogens with one attached hydrogen (secondary N) is 2. The molecule has 5 nitrogen and oxygen atoms in total. The molecular weight excluding hydrogens is 228 g/mol. The molecule has 0 radical (unpaired) electrons. The predicted octanol–water partition coefficient (Wildman–Crippen LogP) is 0.232. The molecule has 94 valence electrons. The van der Waals surface area contributed by atoms with Gasteiger partial charge in [-0.15, -0.1) is 0 Å². The summed E-state index contributed by atoms with van der Waals surface area (Å²) in [7, 11) is -0.759. The zero-order valence-electron chi connectivity index (χ0n) is 10.0. The van der Waals surface area contributed by atoms with Crippen LogP contribution in [0.4, 0.5) is 4.79 Å². The first-order chi connectivity index (χ1) is 7.37. The van der Waals surface area contributed by atoms with Crippen LogP contribution in [-0.4, -0.2) is 46.5 Å². The van der Waals surface area contributed by atoms with Gasteiger partial charge in [-0.2, -0.15) is 0 Å². The van der Waals surface area contributed by atoms with E-state index < -0.39 is 22.5 Å². The number of amides is 1. The van der Waals surface area contributed by atoms with Gasteiger partial charge in [-0.3, -0.25) is 4.21 Å². The van der Waals surface area contributed by atoms with Gasteiger partial charge in [-0.25, -0.2) is 4.79 Å². The van der Waals surface area contributed by atoms with E-state index in [0.29, 0.717) is 18.1 Å². The second-order valence-corrected chi connectivity index (χ2v) is 6.47. The third-order valence-corrected chi connectivity index (χ3v) is 3.48. The Balaban J connectivity index is 2.23. The monoisotopic (exact) mass is 248 g/mol. The highest BCUT2D eigenvalue weighted by Crippen LogP contribution is 2.06. The SMILES string of the molecule is CC(C)(C)OC(=O)NCC1CS(=O)CCN1. The minimum absolute atomic E-state index is 0.0853. The summed E-state index contributed by atoms with van der Waals surface area (Å²) in [4.78, 5) is 11.3. The van der Waals surface area contributed by atoms with E-state index in [1.54, 1.807) is 0 Å². The average molecular weight is 248 g/mol. The van der Waals surface area contributed by atoms with Crippen LogP contribution in [0.1, 0.15) is 20.8 Å². The van der Waals surface area contributed by atoms with Crippen LogP contribution in [0.5, 0.6) is 0 Å². The molecule has 0 saturated carbocycles. The summed E-state index contributed by atoms with van der Waals surface area (Å²) in [6.07, 6.45) is -0.425. The number of ether oxygens (including phenoxy) is 1. The van der Waals surface area contributed by atoms with E-state index in [2.05, 4.69) is 10.6 Å². The first kappa shape index (κ1) is 13.4. The van der Waals surface area contributed by atoms with Gasteiger partial charge >= 0.3 is 6.09 Å². The van der Waals surface area contributed by atoms with Gasteiger partial charge in [0.2, 0.25) is 0 Å². The standard InChI is InChI=1S/C10H20N2O3S/c1-10(2,3)15-9(13)12-6-8-7-16(14)5-4-11-8/h8,11H,4-7H2,1-3H3,(H,12,13). The number of hydrogen-bond acceptors (Lipinski definition) is 4. The van der Waals surface area contributed by atoms with Crippen molar-refractivity contribution in [2.45, 2.75) is 32.4 Å². The van der Waals surface area contributed by atoms with Gasteiger partial charge < -0.3 is 15.4 Å². The lowest BCUT2D eigenvalue weighted by atomic mass is 10.2. The molecule has 2 unspecified atom stereocenters. The first-order valence-corrected chi connectivity index (χ1v) is 6.91. The zero-order chi connectivity index (χ0) is 12.2. The maximum atomic E-state index is 11.3. The molecular formula is C10H20N2O3S. The molecule has 0 aliphatic carbocycles. The number of alkyl carbamates (subject to hydrolysis) is 1. The number of hydrogen-bond donors (Lipinski definition) is 2. The van der Waals surface area contributed by atoms with Gasteiger partial charge in [0.1, 0.15) is 5.60 Å². The Morgan fingerprint density at radius 3 is 2.81 bits per heavy atom. The summed E-state index contributed by atoms with van der Waals surface area (Å²) < 4.78 is 16.4. The Morgan fingerprint density at radius 1 is 1.56 bits per heavy atom. The number of carbonyl (C=O) groups excluding carboxylic acids is 1. The van der Waals surface area contributed by atoms with E-state index in [1.165, 1.54) is 0 Å². The molecule has 0 aromatic heterocycles. The molecule has 0 aromatic rings. The highest BCUT2D eigenvalue weighted by Gasteiger charge is 2.20. The number of carbonyl (C=O) groups is 1. The Hall–Kier alpha value is -0.620. The molecule has 2 N–H and O–H groups in total. The van der Waals surface area contributed by atoms with Crippen molar-refractivity contribution in [2.24, 2.45) is 0 Å². The maximum Gasteiger partial charge on any atom is 0.407 e. The van der Waals surface area contributed by atoms with Crippen molar-refractivity contribution in [3.63, 3.8) is 0 Å². The minimum Gasteiger partial charge on any atom is -0.444 e. The van der Waals surface area contributed by atoms with Crippen LogP contribution < -0.4 is 10.6 Å². The third-order valence-electron chi connectivity index (χ3n) is 2.04. The van der Waals surface area contributed by atoms with Crippen molar-refractivity contribution in [3.05, 3.63) is 0 Å². The fourth-order valence-corrected chi connectivity index (χ4v) is 2.59. The molecule has 1 saturated heterocycles. The van der Waals surface area contributed by atoms with E-state index in [4.69, 9.17) is 4.74 Å². The molecule has 1 aliphatic rings. The summed E-state index contributed by atoms with van der Waals surface area (Å²) >= 11 is 0. The van der Waals surface area contributed by atoms with E-state index in [1.807, 2.05) is 20.8 Å². The lowest BCUT2D eigenvalue weighted by Crippen LogP contribution is -2.49. The minimum atomic E-state index is -0.759. The van der Waals surface area contributed by atoms with Crippen molar-refractivity contribution in [3.8, 4) is 0 Å². The molecule has 16 heavy (non-hydrogen) atoms. The van der Waals surface area contributed by atoms with E-state index >= 15 is 0 Å². The first-order valence-electron chi connectivity index (χ1n) is 5.42. The number of rotatable bonds is 2. The molecule has 0 bridgehead atoms. The molecule has 1 amide bonds. The molecule has 1 rings (SSSR count). The Labute approximate surface area is 98.8 Å². The largest absolute Gasteiger partial charge is 0.444 e. The van der Waals surface area contributed by atoms with E-state index in [-0.39, 0.29) is 6.04 Å². The van der Waals surface area contributed by atoms with Gasteiger partial charge in [-0.1, -0.05) is 0 Å². The second kappa shape index (κ2) is 5.63. The normalized spacial score (nSPS) is 26.2. The van der Waals surface area contributed by atoms with Crippen molar-refractivity contribution in [1.82, 2.24) is 10.6 Å². The molecule has 6 heteroatoms. The fourth-order valence-electron chi connectivity index (χ4n) is 1.40. The van der Waals surface area contributed by atoms with Crippen LogP contribution in [-0.2, 0) is 15.5 Å². The summed E-state index contributed by atoms with van der Waals surface area (Å²) in [6.45, 7) is 6.66. The van der Waals surface area contributed by atoms with Gasteiger partial charge in [0.05, 0.1) is 0 Å². The van der Waals surface area contributed by atoms with Gasteiger partial charge in [0.15, 0.2) is 0 Å². The molecule has 1 aliphatic heterocycles. The van der Waals surface area contributed by atoms with Crippen LogP contribution in [0.2, 0.25) is 0 Å². The Kier molecular flexibility index (Phi) is 4.73. The fraction of sp³-hybridized carbons (Fsp3) is 0.900. The lowest BCUT2D eigenvalue weighted by Gasteiger charge is -2.24. The topological polar surface area (TPSA) is 67.4 Å². The van der Waals surface area contributed by atoms with Gasteiger partial charge in [0, 0.05) is 41.4 Å². The van der Waals surface area contributed by atoms with Crippen molar-refractivity contribution >= 4 is 16.9 Å². The third kappa shape index (κ3) is 5.46. The molecule has 1 fully saturated rings. The maximum absolute atomic E-state index is 11.3. The Morgan fingerprint density at radius 2 is 2.25 bits per heavy atom. The smallest absolute Gasteiger partial charge is 0.407 e. The van der Waals surface area contributed by atoms with Crippen LogP contribution in [0.25, 0.3) is 0 Å². The van der Waals surface area contributed by atoms with Crippen LogP contribution in [0.3, 0.4) is 0 Å². The highest BCUT2D eigenvalue weighted by atomic mass is 32.2. The van der Waals surface area contributed by atoms with E-state index in [9.17, 15) is 9.00 Å². The lowest BCUT2D eigenvalue weighted by molar-refractivity contribution is 0.0523. The summed E-state index contributed by atoms with van der Waals surface area (Å²) in [5.41, 5.74) is -0.479. The zero-order valence-corrected chi connectivity index (χ0v) is 10.9. The molecule has 0 spiro atoms. The van der Waals surface area contributed by atoms with Gasteiger partial charge in [-0.05, 0) is 20.8 Å². The molecule has 1 heterocycles. The van der Waals surface area contributed by atoms with Gasteiger partial charge in [0.25, 0.3) is 0 Å². The average Bonchev–Trinajstić information content (AvgIpc) is 2.12. The highest BCUT2D eigenvalue weighted by molar-refractivity contribution is 7.85. The van der Waals surface area contributed by atoms with Crippen LogP contribution >= 0.6 is 0 Å². The summed E-state index contributed by atoms with van der Waals surface area (Å²) in [6, 6.07) is 0.0853. The van der Waals surface area contributed by atoms with Crippen LogP contribution in [0.15, 0.2) is 0 Å². The predicted molar refractivity (Wildman–Crippen MR) is 63.9 cm³/mol. The van der Waals surface area contributed by atoms with Crippen LogP contribution in [0, 0.1) is 0 Å². The summed E-state index contributed by atoms with van der Waals surface area (Å²) in [5, 5.41) is 5.88. The van der Waals surface area contributed by atoms with Crippen molar-refractivity contribution in [1.29, 1.82) is 0 Å². The van der Waals surface area contributed by atoms with E-state index in [0.717, 1.165) is 6.54 Å².